The molecule has 0 bridgehead atoms. The molecule has 4 heteroatoms. The van der Waals surface area contributed by atoms with E-state index in [1.54, 1.807) is 6.92 Å². The molecule has 1 unspecified atom stereocenters. The highest BCUT2D eigenvalue weighted by Gasteiger charge is 2.25. The number of hydrogen-bond donors (Lipinski definition) is 1. The van der Waals surface area contributed by atoms with Crippen LogP contribution in [0, 0.1) is 17.8 Å². The van der Waals surface area contributed by atoms with Gasteiger partial charge in [-0.05, 0) is 37.3 Å². The molecular weight excluding hydrogens is 258 g/mol. The van der Waals surface area contributed by atoms with Crippen LogP contribution in [-0.4, -0.2) is 33.0 Å². The van der Waals surface area contributed by atoms with Gasteiger partial charge in [0.2, 0.25) is 0 Å². The van der Waals surface area contributed by atoms with Gasteiger partial charge in [-0.1, -0.05) is 46.5 Å². The smallest absolute Gasteiger partial charge is 0.150 e. The van der Waals surface area contributed by atoms with Crippen molar-refractivity contribution in [3.63, 3.8) is 0 Å². The Hall–Kier alpha value is -0.0900. The molecule has 0 aliphatic heterocycles. The highest BCUT2D eigenvalue weighted by atomic mass is 32.2. The van der Waals surface area contributed by atoms with Gasteiger partial charge in [-0.25, -0.2) is 8.42 Å². The summed E-state index contributed by atoms with van der Waals surface area (Å²) in [5.41, 5.74) is 0. The number of rotatable bonds is 9. The first-order chi connectivity index (χ1) is 8.94. The SMILES string of the molecule is CCS(=O)(=O)CCC(CNCC(C)C)C1CCCC1. The van der Waals surface area contributed by atoms with Crippen molar-refractivity contribution in [2.24, 2.45) is 17.8 Å². The highest BCUT2D eigenvalue weighted by molar-refractivity contribution is 7.91. The average molecular weight is 289 g/mol. The summed E-state index contributed by atoms with van der Waals surface area (Å²) < 4.78 is 23.4. The fourth-order valence-corrected chi connectivity index (χ4v) is 3.92. The standard InChI is InChI=1S/C15H31NO2S/c1-4-19(17,18)10-9-15(12-16-11-13(2)3)14-7-5-6-8-14/h13-16H,4-12H2,1-3H3. The Morgan fingerprint density at radius 1 is 1.16 bits per heavy atom. The third-order valence-corrected chi connectivity index (χ3v) is 6.00. The van der Waals surface area contributed by atoms with Crippen LogP contribution >= 0.6 is 0 Å². The van der Waals surface area contributed by atoms with Crippen LogP contribution in [0.2, 0.25) is 0 Å². The summed E-state index contributed by atoms with van der Waals surface area (Å²) >= 11 is 0. The lowest BCUT2D eigenvalue weighted by Gasteiger charge is -2.24. The van der Waals surface area contributed by atoms with E-state index in [-0.39, 0.29) is 5.75 Å². The van der Waals surface area contributed by atoms with Crippen molar-refractivity contribution in [1.29, 1.82) is 0 Å². The normalized spacial score (nSPS) is 19.2. The van der Waals surface area contributed by atoms with Crippen molar-refractivity contribution in [3.8, 4) is 0 Å². The maximum absolute atomic E-state index is 11.7. The molecule has 114 valence electrons. The first-order valence-electron chi connectivity index (χ1n) is 7.85. The van der Waals surface area contributed by atoms with E-state index >= 15 is 0 Å². The number of nitrogens with one attached hydrogen (secondary N) is 1. The predicted octanol–water partition coefficient (Wildman–Crippen LogP) is 2.86. The van der Waals surface area contributed by atoms with Gasteiger partial charge in [0.15, 0.2) is 0 Å². The second-order valence-electron chi connectivity index (χ2n) is 6.38. The van der Waals surface area contributed by atoms with Gasteiger partial charge in [-0.15, -0.1) is 0 Å². The Bertz CT molecular complexity index is 332. The van der Waals surface area contributed by atoms with Crippen molar-refractivity contribution < 1.29 is 8.42 Å². The van der Waals surface area contributed by atoms with Crippen LogP contribution in [-0.2, 0) is 9.84 Å². The van der Waals surface area contributed by atoms with E-state index in [2.05, 4.69) is 19.2 Å². The van der Waals surface area contributed by atoms with E-state index in [1.807, 2.05) is 0 Å². The lowest BCUT2D eigenvalue weighted by molar-refractivity contribution is 0.310. The van der Waals surface area contributed by atoms with Crippen molar-refractivity contribution >= 4 is 9.84 Å². The van der Waals surface area contributed by atoms with Gasteiger partial charge in [0.1, 0.15) is 9.84 Å². The largest absolute Gasteiger partial charge is 0.316 e. The van der Waals surface area contributed by atoms with E-state index in [0.29, 0.717) is 17.6 Å². The molecule has 1 rings (SSSR count). The summed E-state index contributed by atoms with van der Waals surface area (Å²) in [6, 6.07) is 0. The Morgan fingerprint density at radius 2 is 1.79 bits per heavy atom. The first-order valence-corrected chi connectivity index (χ1v) is 9.68. The van der Waals surface area contributed by atoms with E-state index < -0.39 is 9.84 Å². The molecule has 3 nitrogen and oxygen atoms in total. The minimum Gasteiger partial charge on any atom is -0.316 e. The van der Waals surface area contributed by atoms with Gasteiger partial charge in [0.25, 0.3) is 0 Å². The first kappa shape index (κ1) is 17.0. The molecule has 0 radical (unpaired) electrons. The van der Waals surface area contributed by atoms with Crippen molar-refractivity contribution in [3.05, 3.63) is 0 Å². The van der Waals surface area contributed by atoms with Crippen molar-refractivity contribution in [1.82, 2.24) is 5.32 Å². The molecule has 0 aromatic rings. The van der Waals surface area contributed by atoms with Crippen LogP contribution in [0.5, 0.6) is 0 Å². The maximum Gasteiger partial charge on any atom is 0.150 e. The van der Waals surface area contributed by atoms with Crippen molar-refractivity contribution in [2.75, 3.05) is 24.6 Å². The molecule has 1 atom stereocenters. The molecule has 1 N–H and O–H groups in total. The molecule has 0 heterocycles. The van der Waals surface area contributed by atoms with Crippen LogP contribution in [0.3, 0.4) is 0 Å². The Morgan fingerprint density at radius 3 is 2.32 bits per heavy atom. The summed E-state index contributed by atoms with van der Waals surface area (Å²) in [5, 5.41) is 3.52. The minimum absolute atomic E-state index is 0.282. The molecule has 1 aliphatic carbocycles. The minimum atomic E-state index is -2.81. The van der Waals surface area contributed by atoms with Crippen LogP contribution in [0.4, 0.5) is 0 Å². The number of hydrogen-bond acceptors (Lipinski definition) is 3. The van der Waals surface area contributed by atoms with E-state index in [0.717, 1.165) is 25.4 Å². The average Bonchev–Trinajstić information content (AvgIpc) is 2.86. The van der Waals surface area contributed by atoms with E-state index in [4.69, 9.17) is 0 Å². The monoisotopic (exact) mass is 289 g/mol. The molecule has 0 aromatic heterocycles. The Kier molecular flexibility index (Phi) is 7.37. The Labute approximate surface area is 119 Å². The zero-order valence-corrected chi connectivity index (χ0v) is 13.6. The molecule has 0 aromatic carbocycles. The molecule has 1 saturated carbocycles. The molecule has 1 fully saturated rings. The topological polar surface area (TPSA) is 46.2 Å². The van der Waals surface area contributed by atoms with E-state index in [1.165, 1.54) is 25.7 Å². The lowest BCUT2D eigenvalue weighted by atomic mass is 9.88. The van der Waals surface area contributed by atoms with Gasteiger partial charge in [0.05, 0.1) is 5.75 Å². The molecule has 0 amide bonds. The van der Waals surface area contributed by atoms with Crippen molar-refractivity contribution in [2.45, 2.75) is 52.9 Å². The molecule has 1 aliphatic rings. The zero-order chi connectivity index (χ0) is 14.3. The lowest BCUT2D eigenvalue weighted by Crippen LogP contribution is -2.31. The molecular formula is C15H31NO2S. The molecule has 0 saturated heterocycles. The third kappa shape index (κ3) is 6.75. The van der Waals surface area contributed by atoms with Gasteiger partial charge in [0, 0.05) is 5.75 Å². The molecule has 0 spiro atoms. The van der Waals surface area contributed by atoms with Crippen LogP contribution in [0.15, 0.2) is 0 Å². The van der Waals surface area contributed by atoms with Crippen LogP contribution in [0.25, 0.3) is 0 Å². The summed E-state index contributed by atoms with van der Waals surface area (Å²) in [6.07, 6.45) is 6.07. The second-order valence-corrected chi connectivity index (χ2v) is 8.85. The number of sulfone groups is 1. The fourth-order valence-electron chi connectivity index (χ4n) is 2.97. The third-order valence-electron chi connectivity index (χ3n) is 4.27. The Balaban J connectivity index is 2.44. The summed E-state index contributed by atoms with van der Waals surface area (Å²) in [5.74, 6) is 2.59. The fraction of sp³-hybridized carbons (Fsp3) is 1.00. The summed E-state index contributed by atoms with van der Waals surface area (Å²) in [6.45, 7) is 8.18. The van der Waals surface area contributed by atoms with Gasteiger partial charge >= 0.3 is 0 Å². The zero-order valence-electron chi connectivity index (χ0n) is 12.8. The van der Waals surface area contributed by atoms with Gasteiger partial charge in [-0.2, -0.15) is 0 Å². The quantitative estimate of drug-likeness (QED) is 0.710. The van der Waals surface area contributed by atoms with Crippen LogP contribution < -0.4 is 5.32 Å². The van der Waals surface area contributed by atoms with E-state index in [9.17, 15) is 8.42 Å². The van der Waals surface area contributed by atoms with Gasteiger partial charge < -0.3 is 5.32 Å². The summed E-state index contributed by atoms with van der Waals surface area (Å²) in [4.78, 5) is 0. The maximum atomic E-state index is 11.7. The van der Waals surface area contributed by atoms with Gasteiger partial charge in [-0.3, -0.25) is 0 Å². The summed E-state index contributed by atoms with van der Waals surface area (Å²) in [7, 11) is -2.81. The second kappa shape index (κ2) is 8.25. The van der Waals surface area contributed by atoms with Crippen LogP contribution in [0.1, 0.15) is 52.9 Å². The highest BCUT2D eigenvalue weighted by Crippen LogP contribution is 2.33. The molecule has 19 heavy (non-hydrogen) atoms. The predicted molar refractivity (Wildman–Crippen MR) is 82.1 cm³/mol.